The summed E-state index contributed by atoms with van der Waals surface area (Å²) < 4.78 is 6.14. The molecule has 2 heteroatoms. The van der Waals surface area contributed by atoms with Crippen LogP contribution in [0, 0.1) is 23.2 Å². The van der Waals surface area contributed by atoms with Gasteiger partial charge in [-0.25, -0.2) is 0 Å². The fraction of sp³-hybridized carbons (Fsp3) is 0.667. The van der Waals surface area contributed by atoms with Gasteiger partial charge in [0.2, 0.25) is 0 Å². The van der Waals surface area contributed by atoms with Crippen molar-refractivity contribution >= 4 is 0 Å². The van der Waals surface area contributed by atoms with E-state index in [4.69, 9.17) is 10.5 Å². The predicted octanol–water partition coefficient (Wildman–Crippen LogP) is 5.81. The summed E-state index contributed by atoms with van der Waals surface area (Å²) in [4.78, 5) is 0. The maximum Gasteiger partial charge on any atom is 0.142 e. The van der Waals surface area contributed by atoms with E-state index < -0.39 is 5.60 Å². The van der Waals surface area contributed by atoms with Gasteiger partial charge in [-0.3, -0.25) is 0 Å². The largest absolute Gasteiger partial charge is 0.482 e. The first-order valence-electron chi connectivity index (χ1n) is 10.5. The van der Waals surface area contributed by atoms with Gasteiger partial charge in [-0.15, -0.1) is 0 Å². The van der Waals surface area contributed by atoms with Gasteiger partial charge in [0.1, 0.15) is 11.4 Å². The van der Waals surface area contributed by atoms with Crippen molar-refractivity contribution in [2.75, 3.05) is 0 Å². The summed E-state index contributed by atoms with van der Waals surface area (Å²) in [6.07, 6.45) is 8.18. The van der Waals surface area contributed by atoms with Crippen LogP contribution in [-0.4, -0.2) is 5.60 Å². The molecule has 2 nitrogen and oxygen atoms in total. The van der Waals surface area contributed by atoms with Gasteiger partial charge in [-0.2, -0.15) is 0 Å². The third kappa shape index (κ3) is 2.68. The second-order valence-corrected chi connectivity index (χ2v) is 9.94. The normalized spacial score (nSPS) is 36.0. The Bertz CT molecular complexity index is 721. The van der Waals surface area contributed by atoms with Crippen LogP contribution in [0.3, 0.4) is 0 Å². The molecule has 5 atom stereocenters. The Kier molecular flexibility index (Phi) is 4.17. The molecule has 3 aliphatic carbocycles. The lowest BCUT2D eigenvalue weighted by molar-refractivity contribution is 0.0336. The number of fused-ring (bicyclic) bond motifs is 5. The molecule has 2 N–H and O–H groups in total. The van der Waals surface area contributed by atoms with Crippen LogP contribution in [0.25, 0.3) is 0 Å². The van der Waals surface area contributed by atoms with E-state index in [0.29, 0.717) is 11.1 Å². The van der Waals surface area contributed by atoms with E-state index in [1.807, 2.05) is 13.8 Å². The van der Waals surface area contributed by atoms with E-state index in [9.17, 15) is 0 Å². The van der Waals surface area contributed by atoms with E-state index in [1.54, 1.807) is 5.56 Å². The molecule has 0 spiro atoms. The Labute approximate surface area is 159 Å². The summed E-state index contributed by atoms with van der Waals surface area (Å²) in [7, 11) is 0. The number of hydrogen-bond donors (Lipinski definition) is 1. The molecule has 2 fully saturated rings. The van der Waals surface area contributed by atoms with E-state index in [-0.39, 0.29) is 0 Å². The standard InChI is InChI=1S/C24H35NO/c1-15-6-11-22-21-9-7-17-14-18(26-23(3,4)16(2)25)8-10-19(17)20(21)12-13-24(15,22)5/h8,10,14-15,20-22H,2,6-7,9,11-13,25H2,1,3-5H3/t15-,20?,21?,22?,24+/m0/s1. The van der Waals surface area contributed by atoms with Crippen LogP contribution in [-0.2, 0) is 6.42 Å². The van der Waals surface area contributed by atoms with Gasteiger partial charge >= 0.3 is 0 Å². The highest BCUT2D eigenvalue weighted by Crippen LogP contribution is 2.62. The van der Waals surface area contributed by atoms with Crippen molar-refractivity contribution in [2.24, 2.45) is 28.9 Å². The van der Waals surface area contributed by atoms with E-state index >= 15 is 0 Å². The minimum absolute atomic E-state index is 0.530. The summed E-state index contributed by atoms with van der Waals surface area (Å²) in [5.41, 5.74) is 9.62. The van der Waals surface area contributed by atoms with Gasteiger partial charge < -0.3 is 10.5 Å². The number of nitrogens with two attached hydrogens (primary N) is 1. The Morgan fingerprint density at radius 2 is 2.00 bits per heavy atom. The Morgan fingerprint density at radius 1 is 1.23 bits per heavy atom. The second kappa shape index (κ2) is 6.04. The minimum Gasteiger partial charge on any atom is -0.482 e. The number of benzene rings is 1. The molecule has 3 aliphatic rings. The summed E-state index contributed by atoms with van der Waals surface area (Å²) in [5.74, 6) is 4.40. The average molecular weight is 354 g/mol. The molecule has 1 aromatic rings. The molecule has 0 heterocycles. The van der Waals surface area contributed by atoms with E-state index in [0.717, 1.165) is 29.4 Å². The highest BCUT2D eigenvalue weighted by Gasteiger charge is 2.53. The molecule has 0 aliphatic heterocycles. The van der Waals surface area contributed by atoms with E-state index in [1.165, 1.54) is 44.1 Å². The SMILES string of the molecule is C=C(N)C(C)(C)Oc1ccc2c(c1)CCC1C2CC[C@@]2(C)C1CC[C@@H]2C. The van der Waals surface area contributed by atoms with Gasteiger partial charge in [-0.1, -0.05) is 26.5 Å². The molecule has 2 saturated carbocycles. The van der Waals surface area contributed by atoms with Crippen LogP contribution in [0.4, 0.5) is 0 Å². The quantitative estimate of drug-likeness (QED) is 0.744. The molecule has 0 bridgehead atoms. The molecule has 1 aromatic carbocycles. The zero-order chi connectivity index (χ0) is 18.7. The maximum absolute atomic E-state index is 6.14. The highest BCUT2D eigenvalue weighted by atomic mass is 16.5. The minimum atomic E-state index is -0.530. The molecule has 0 amide bonds. The Hall–Kier alpha value is -1.44. The lowest BCUT2D eigenvalue weighted by atomic mass is 9.54. The van der Waals surface area contributed by atoms with Crippen LogP contribution in [0.1, 0.15) is 76.8 Å². The second-order valence-electron chi connectivity index (χ2n) is 9.94. The number of aryl methyl sites for hydroxylation is 1. The van der Waals surface area contributed by atoms with Crippen molar-refractivity contribution in [3.63, 3.8) is 0 Å². The first kappa shape index (κ1) is 17.9. The average Bonchev–Trinajstić information content (AvgIpc) is 2.89. The Morgan fingerprint density at radius 3 is 2.73 bits per heavy atom. The fourth-order valence-electron chi connectivity index (χ4n) is 6.25. The van der Waals surface area contributed by atoms with Crippen molar-refractivity contribution < 1.29 is 4.74 Å². The van der Waals surface area contributed by atoms with Crippen LogP contribution in [0.15, 0.2) is 30.5 Å². The highest BCUT2D eigenvalue weighted by molar-refractivity contribution is 5.41. The monoisotopic (exact) mass is 353 g/mol. The Balaban J connectivity index is 1.59. The molecule has 4 rings (SSSR count). The van der Waals surface area contributed by atoms with Crippen molar-refractivity contribution in [1.29, 1.82) is 0 Å². The molecule has 0 radical (unpaired) electrons. The summed E-state index contributed by atoms with van der Waals surface area (Å²) in [6.45, 7) is 12.9. The third-order valence-electron chi connectivity index (χ3n) is 8.32. The van der Waals surface area contributed by atoms with Crippen LogP contribution in [0.2, 0.25) is 0 Å². The van der Waals surface area contributed by atoms with Gasteiger partial charge in [0.05, 0.1) is 0 Å². The first-order chi connectivity index (χ1) is 12.2. The summed E-state index contributed by atoms with van der Waals surface area (Å²) in [6, 6.07) is 6.76. The van der Waals surface area contributed by atoms with Crippen molar-refractivity contribution in [3.8, 4) is 5.75 Å². The number of hydrogen-bond acceptors (Lipinski definition) is 2. The van der Waals surface area contributed by atoms with Crippen molar-refractivity contribution in [3.05, 3.63) is 41.6 Å². The predicted molar refractivity (Wildman–Crippen MR) is 108 cm³/mol. The van der Waals surface area contributed by atoms with Crippen molar-refractivity contribution in [1.82, 2.24) is 0 Å². The van der Waals surface area contributed by atoms with E-state index in [2.05, 4.69) is 38.6 Å². The molecule has 142 valence electrons. The van der Waals surface area contributed by atoms with Gasteiger partial charge in [0, 0.05) is 5.70 Å². The lowest BCUT2D eigenvalue weighted by Gasteiger charge is -2.50. The fourth-order valence-corrected chi connectivity index (χ4v) is 6.25. The molecule has 0 saturated heterocycles. The van der Waals surface area contributed by atoms with Crippen molar-refractivity contribution in [2.45, 2.75) is 77.7 Å². The topological polar surface area (TPSA) is 35.2 Å². The summed E-state index contributed by atoms with van der Waals surface area (Å²) in [5, 5.41) is 0. The van der Waals surface area contributed by atoms with Crippen LogP contribution < -0.4 is 10.5 Å². The van der Waals surface area contributed by atoms with Gasteiger partial charge in [-0.05, 0) is 105 Å². The lowest BCUT2D eigenvalue weighted by Crippen LogP contribution is -2.41. The zero-order valence-corrected chi connectivity index (χ0v) is 17.0. The number of ether oxygens (including phenoxy) is 1. The first-order valence-corrected chi connectivity index (χ1v) is 10.5. The maximum atomic E-state index is 6.14. The smallest absolute Gasteiger partial charge is 0.142 e. The molecule has 0 aromatic heterocycles. The number of rotatable bonds is 3. The van der Waals surface area contributed by atoms with Crippen LogP contribution in [0.5, 0.6) is 5.75 Å². The van der Waals surface area contributed by atoms with Gasteiger partial charge in [0.15, 0.2) is 0 Å². The summed E-state index contributed by atoms with van der Waals surface area (Å²) >= 11 is 0. The van der Waals surface area contributed by atoms with Gasteiger partial charge in [0.25, 0.3) is 0 Å². The molecule has 3 unspecified atom stereocenters. The zero-order valence-electron chi connectivity index (χ0n) is 17.0. The molecule has 26 heavy (non-hydrogen) atoms. The third-order valence-corrected chi connectivity index (χ3v) is 8.32. The molecular formula is C24H35NO. The van der Waals surface area contributed by atoms with Crippen LogP contribution >= 0.6 is 0 Å². The molecular weight excluding hydrogens is 318 g/mol.